The van der Waals surface area contributed by atoms with Crippen molar-refractivity contribution in [1.82, 2.24) is 15.0 Å². The standard InChI is InChI=1S/C9H9FN4O/c1-6-7(14-5-15-6)3-11-9-2-8(10)12-4-13-9/h2,4-5H,3H2,1H3,(H,11,12,13). The zero-order valence-electron chi connectivity index (χ0n) is 8.07. The summed E-state index contributed by atoms with van der Waals surface area (Å²) in [7, 11) is 0. The summed E-state index contributed by atoms with van der Waals surface area (Å²) in [4.78, 5) is 11.2. The van der Waals surface area contributed by atoms with Crippen LogP contribution in [0.3, 0.4) is 0 Å². The summed E-state index contributed by atoms with van der Waals surface area (Å²) in [5.74, 6) is 0.589. The van der Waals surface area contributed by atoms with Gasteiger partial charge in [0.1, 0.15) is 23.6 Å². The number of hydrogen-bond acceptors (Lipinski definition) is 5. The SMILES string of the molecule is Cc1ocnc1CNc1cc(F)ncn1. The van der Waals surface area contributed by atoms with Crippen molar-refractivity contribution in [1.29, 1.82) is 0 Å². The van der Waals surface area contributed by atoms with Crippen LogP contribution in [0, 0.1) is 12.9 Å². The van der Waals surface area contributed by atoms with Gasteiger partial charge in [-0.05, 0) is 6.92 Å². The first-order chi connectivity index (χ1) is 7.25. The van der Waals surface area contributed by atoms with E-state index in [-0.39, 0.29) is 0 Å². The lowest BCUT2D eigenvalue weighted by Crippen LogP contribution is -2.03. The van der Waals surface area contributed by atoms with Gasteiger partial charge in [0.15, 0.2) is 6.39 Å². The maximum absolute atomic E-state index is 12.7. The van der Waals surface area contributed by atoms with Crippen molar-refractivity contribution in [2.45, 2.75) is 13.5 Å². The maximum atomic E-state index is 12.7. The minimum atomic E-state index is -0.565. The number of halogens is 1. The van der Waals surface area contributed by atoms with E-state index in [9.17, 15) is 4.39 Å². The number of aromatic nitrogens is 3. The Kier molecular flexibility index (Phi) is 2.57. The Hall–Kier alpha value is -1.98. The molecule has 0 aliphatic carbocycles. The largest absolute Gasteiger partial charge is 0.448 e. The van der Waals surface area contributed by atoms with Gasteiger partial charge in [0.2, 0.25) is 5.95 Å². The number of oxazole rings is 1. The second-order valence-corrected chi connectivity index (χ2v) is 2.93. The van der Waals surface area contributed by atoms with E-state index in [4.69, 9.17) is 4.42 Å². The minimum absolute atomic E-state index is 0.421. The van der Waals surface area contributed by atoms with Crippen LogP contribution in [0.15, 0.2) is 23.2 Å². The Morgan fingerprint density at radius 1 is 1.40 bits per heavy atom. The van der Waals surface area contributed by atoms with Gasteiger partial charge in [0, 0.05) is 6.07 Å². The summed E-state index contributed by atoms with van der Waals surface area (Å²) in [6, 6.07) is 1.22. The fraction of sp³-hybridized carbons (Fsp3) is 0.222. The van der Waals surface area contributed by atoms with Crippen LogP contribution in [0.4, 0.5) is 10.2 Å². The molecule has 0 bridgehead atoms. The second kappa shape index (κ2) is 4.04. The van der Waals surface area contributed by atoms with Gasteiger partial charge in [0.25, 0.3) is 0 Å². The van der Waals surface area contributed by atoms with Crippen molar-refractivity contribution < 1.29 is 8.81 Å². The molecule has 2 heterocycles. The molecular formula is C9H9FN4O. The Bertz CT molecular complexity index is 457. The number of aryl methyl sites for hydroxylation is 1. The van der Waals surface area contributed by atoms with Crippen LogP contribution in [0.25, 0.3) is 0 Å². The molecule has 0 unspecified atom stereocenters. The zero-order chi connectivity index (χ0) is 10.7. The molecule has 0 spiro atoms. The molecule has 1 N–H and O–H groups in total. The molecule has 0 aromatic carbocycles. The van der Waals surface area contributed by atoms with Crippen LogP contribution in [-0.4, -0.2) is 15.0 Å². The molecule has 6 heteroatoms. The number of anilines is 1. The normalized spacial score (nSPS) is 10.3. The van der Waals surface area contributed by atoms with E-state index in [1.807, 2.05) is 6.92 Å². The van der Waals surface area contributed by atoms with Crippen molar-refractivity contribution in [3.05, 3.63) is 36.2 Å². The molecule has 5 nitrogen and oxygen atoms in total. The highest BCUT2D eigenvalue weighted by Gasteiger charge is 2.03. The first kappa shape index (κ1) is 9.57. The van der Waals surface area contributed by atoms with Gasteiger partial charge < -0.3 is 9.73 Å². The van der Waals surface area contributed by atoms with E-state index < -0.39 is 5.95 Å². The predicted octanol–water partition coefficient (Wildman–Crippen LogP) is 1.52. The number of nitrogens with zero attached hydrogens (tertiary/aromatic N) is 3. The van der Waals surface area contributed by atoms with Gasteiger partial charge in [-0.1, -0.05) is 0 Å². The fourth-order valence-electron chi connectivity index (χ4n) is 1.10. The Labute approximate surface area is 85.4 Å². The van der Waals surface area contributed by atoms with Crippen molar-refractivity contribution in [3.8, 4) is 0 Å². The molecule has 0 saturated carbocycles. The van der Waals surface area contributed by atoms with Crippen LogP contribution in [0.2, 0.25) is 0 Å². The van der Waals surface area contributed by atoms with Gasteiger partial charge in [-0.2, -0.15) is 4.39 Å². The topological polar surface area (TPSA) is 63.8 Å². The van der Waals surface area contributed by atoms with Gasteiger partial charge in [-0.25, -0.2) is 15.0 Å². The molecule has 0 aliphatic heterocycles. The number of nitrogens with one attached hydrogen (secondary N) is 1. The third kappa shape index (κ3) is 2.28. The van der Waals surface area contributed by atoms with Gasteiger partial charge >= 0.3 is 0 Å². The zero-order valence-corrected chi connectivity index (χ0v) is 8.07. The average Bonchev–Trinajstić information content (AvgIpc) is 2.61. The summed E-state index contributed by atoms with van der Waals surface area (Å²) in [6.45, 7) is 2.25. The molecule has 2 aromatic heterocycles. The highest BCUT2D eigenvalue weighted by Crippen LogP contribution is 2.08. The Balaban J connectivity index is 2.02. The Morgan fingerprint density at radius 3 is 2.93 bits per heavy atom. The lowest BCUT2D eigenvalue weighted by molar-refractivity contribution is 0.524. The third-order valence-electron chi connectivity index (χ3n) is 1.92. The minimum Gasteiger partial charge on any atom is -0.448 e. The van der Waals surface area contributed by atoms with Gasteiger partial charge in [0.05, 0.1) is 6.54 Å². The molecule has 0 aliphatic rings. The molecular weight excluding hydrogens is 199 g/mol. The van der Waals surface area contributed by atoms with Crippen LogP contribution in [0.5, 0.6) is 0 Å². The highest BCUT2D eigenvalue weighted by atomic mass is 19.1. The van der Waals surface area contributed by atoms with Crippen molar-refractivity contribution >= 4 is 5.82 Å². The lowest BCUT2D eigenvalue weighted by Gasteiger charge is -2.02. The van der Waals surface area contributed by atoms with Gasteiger partial charge in [-0.15, -0.1) is 0 Å². The molecule has 0 atom stereocenters. The van der Waals surface area contributed by atoms with Crippen molar-refractivity contribution in [2.75, 3.05) is 5.32 Å². The van der Waals surface area contributed by atoms with E-state index in [2.05, 4.69) is 20.3 Å². The van der Waals surface area contributed by atoms with E-state index in [0.717, 1.165) is 17.8 Å². The number of rotatable bonds is 3. The summed E-state index contributed by atoms with van der Waals surface area (Å²) in [6.07, 6.45) is 2.53. The lowest BCUT2D eigenvalue weighted by atomic mass is 10.3. The van der Waals surface area contributed by atoms with Crippen LogP contribution in [0.1, 0.15) is 11.5 Å². The first-order valence-electron chi connectivity index (χ1n) is 4.36. The average molecular weight is 208 g/mol. The van der Waals surface area contributed by atoms with Gasteiger partial charge in [-0.3, -0.25) is 0 Å². The summed E-state index contributed by atoms with van der Waals surface area (Å²) in [5, 5.41) is 2.92. The molecule has 0 fully saturated rings. The predicted molar refractivity (Wildman–Crippen MR) is 50.6 cm³/mol. The summed E-state index contributed by atoms with van der Waals surface area (Å²) < 4.78 is 17.7. The van der Waals surface area contributed by atoms with E-state index in [1.54, 1.807) is 0 Å². The quantitative estimate of drug-likeness (QED) is 0.775. The molecule has 78 valence electrons. The van der Waals surface area contributed by atoms with Crippen molar-refractivity contribution in [3.63, 3.8) is 0 Å². The van der Waals surface area contributed by atoms with E-state index >= 15 is 0 Å². The molecule has 2 rings (SSSR count). The summed E-state index contributed by atoms with van der Waals surface area (Å²) in [5.41, 5.74) is 0.772. The molecule has 15 heavy (non-hydrogen) atoms. The van der Waals surface area contributed by atoms with Crippen LogP contribution in [-0.2, 0) is 6.54 Å². The van der Waals surface area contributed by atoms with E-state index in [1.165, 1.54) is 12.5 Å². The highest BCUT2D eigenvalue weighted by molar-refractivity contribution is 5.32. The monoisotopic (exact) mass is 208 g/mol. The fourth-order valence-corrected chi connectivity index (χ4v) is 1.10. The smallest absolute Gasteiger partial charge is 0.217 e. The third-order valence-corrected chi connectivity index (χ3v) is 1.92. The number of hydrogen-bond donors (Lipinski definition) is 1. The first-order valence-corrected chi connectivity index (χ1v) is 4.36. The maximum Gasteiger partial charge on any atom is 0.217 e. The van der Waals surface area contributed by atoms with E-state index in [0.29, 0.717) is 12.4 Å². The Morgan fingerprint density at radius 2 is 2.27 bits per heavy atom. The van der Waals surface area contributed by atoms with Crippen LogP contribution < -0.4 is 5.32 Å². The van der Waals surface area contributed by atoms with Crippen LogP contribution >= 0.6 is 0 Å². The van der Waals surface area contributed by atoms with Crippen molar-refractivity contribution in [2.24, 2.45) is 0 Å². The second-order valence-electron chi connectivity index (χ2n) is 2.93. The molecule has 0 radical (unpaired) electrons. The molecule has 0 amide bonds. The molecule has 0 saturated heterocycles. The summed E-state index contributed by atoms with van der Waals surface area (Å²) >= 11 is 0. The molecule has 2 aromatic rings.